The van der Waals surface area contributed by atoms with Gasteiger partial charge in [0.2, 0.25) is 0 Å². The molecule has 2 aliphatic rings. The predicted octanol–water partition coefficient (Wildman–Crippen LogP) is 4.18. The normalized spacial score (nSPS) is 21.6. The topological polar surface area (TPSA) is 58.6 Å². The number of hydrogen-bond donors (Lipinski definition) is 1. The Kier molecular flexibility index (Phi) is 4.91. The number of benzene rings is 1. The molecule has 2 atom stereocenters. The van der Waals surface area contributed by atoms with E-state index in [2.05, 4.69) is 23.5 Å². The second-order valence-electron chi connectivity index (χ2n) is 7.12. The fraction of sp³-hybridized carbons (Fsp3) is 0.429. The van der Waals surface area contributed by atoms with Gasteiger partial charge in [-0.05, 0) is 48.8 Å². The third kappa shape index (κ3) is 3.12. The van der Waals surface area contributed by atoms with Crippen molar-refractivity contribution in [2.75, 3.05) is 13.7 Å². The van der Waals surface area contributed by atoms with E-state index in [4.69, 9.17) is 4.74 Å². The van der Waals surface area contributed by atoms with Gasteiger partial charge in [0.1, 0.15) is 0 Å². The Hall–Kier alpha value is -2.34. The smallest absolute Gasteiger partial charge is 0.336 e. The number of thiophene rings is 1. The molecule has 27 heavy (non-hydrogen) atoms. The van der Waals surface area contributed by atoms with E-state index in [1.54, 1.807) is 11.3 Å². The number of rotatable bonds is 4. The molecule has 0 spiro atoms. The first-order valence-electron chi connectivity index (χ1n) is 9.50. The Morgan fingerprint density at radius 1 is 1.30 bits per heavy atom. The maximum Gasteiger partial charge on any atom is 0.336 e. The highest BCUT2D eigenvalue weighted by molar-refractivity contribution is 7.20. The highest BCUT2D eigenvalue weighted by Crippen LogP contribution is 2.45. The largest absolute Gasteiger partial charge is 0.466 e. The van der Waals surface area contributed by atoms with Gasteiger partial charge in [0.15, 0.2) is 0 Å². The first kappa shape index (κ1) is 18.0. The zero-order valence-electron chi connectivity index (χ0n) is 15.7. The van der Waals surface area contributed by atoms with Gasteiger partial charge < -0.3 is 15.0 Å². The van der Waals surface area contributed by atoms with Crippen LogP contribution in [-0.2, 0) is 9.53 Å². The number of urea groups is 1. The van der Waals surface area contributed by atoms with Crippen LogP contribution in [0.15, 0.2) is 35.9 Å². The molecule has 1 N–H and O–H groups in total. The van der Waals surface area contributed by atoms with Gasteiger partial charge in [0, 0.05) is 22.2 Å². The van der Waals surface area contributed by atoms with E-state index in [0.717, 1.165) is 29.7 Å². The summed E-state index contributed by atoms with van der Waals surface area (Å²) < 4.78 is 6.33. The fourth-order valence-corrected chi connectivity index (χ4v) is 5.41. The summed E-state index contributed by atoms with van der Waals surface area (Å²) in [5, 5.41) is 4.16. The summed E-state index contributed by atoms with van der Waals surface area (Å²) in [7, 11) is 1.42. The first-order valence-corrected chi connectivity index (χ1v) is 10.3. The minimum Gasteiger partial charge on any atom is -0.466 e. The van der Waals surface area contributed by atoms with Crippen molar-refractivity contribution in [2.45, 2.75) is 44.7 Å². The van der Waals surface area contributed by atoms with Crippen LogP contribution >= 0.6 is 11.3 Å². The molecule has 0 saturated carbocycles. The van der Waals surface area contributed by atoms with Gasteiger partial charge in [-0.25, -0.2) is 9.59 Å². The number of nitrogens with zero attached hydrogens (tertiary/aromatic N) is 1. The zero-order valence-corrected chi connectivity index (χ0v) is 16.5. The van der Waals surface area contributed by atoms with Crippen molar-refractivity contribution < 1.29 is 14.3 Å². The van der Waals surface area contributed by atoms with Crippen LogP contribution in [0.4, 0.5) is 4.79 Å². The maximum absolute atomic E-state index is 12.7. The van der Waals surface area contributed by atoms with Gasteiger partial charge >= 0.3 is 12.0 Å². The number of nitrogens with one attached hydrogen (secondary N) is 1. The number of hydrogen-bond acceptors (Lipinski definition) is 4. The number of amides is 2. The van der Waals surface area contributed by atoms with Crippen LogP contribution in [-0.4, -0.2) is 42.6 Å². The third-order valence-electron chi connectivity index (χ3n) is 5.49. The molecule has 3 heterocycles. The van der Waals surface area contributed by atoms with Crippen molar-refractivity contribution in [3.63, 3.8) is 0 Å². The van der Waals surface area contributed by atoms with Crippen LogP contribution in [0.5, 0.6) is 0 Å². The van der Waals surface area contributed by atoms with E-state index < -0.39 is 0 Å². The molecule has 2 aliphatic heterocycles. The molecule has 1 aromatic carbocycles. The summed E-state index contributed by atoms with van der Waals surface area (Å²) in [5.74, 6) is -0.318. The Balaban J connectivity index is 1.77. The summed E-state index contributed by atoms with van der Waals surface area (Å²) in [6, 6.07) is 10.3. The number of fused-ring (bicyclic) bond motifs is 3. The van der Waals surface area contributed by atoms with E-state index in [9.17, 15) is 9.59 Å². The van der Waals surface area contributed by atoms with Gasteiger partial charge in [-0.15, -0.1) is 11.3 Å². The number of esters is 1. The molecular weight excluding hydrogens is 360 g/mol. The molecule has 2 aromatic rings. The minimum atomic E-state index is -0.318. The lowest BCUT2D eigenvalue weighted by atomic mass is 9.92. The van der Waals surface area contributed by atoms with E-state index in [1.165, 1.54) is 17.2 Å². The van der Waals surface area contributed by atoms with E-state index >= 15 is 0 Å². The van der Waals surface area contributed by atoms with Crippen molar-refractivity contribution in [3.8, 4) is 0 Å². The van der Waals surface area contributed by atoms with E-state index in [0.29, 0.717) is 18.5 Å². The molecule has 1 aromatic heterocycles. The average Bonchev–Trinajstić information content (AvgIpc) is 3.25. The second-order valence-corrected chi connectivity index (χ2v) is 8.21. The minimum absolute atomic E-state index is 0.0684. The van der Waals surface area contributed by atoms with Crippen molar-refractivity contribution in [1.29, 1.82) is 0 Å². The molecule has 1 saturated heterocycles. The Morgan fingerprint density at radius 3 is 2.85 bits per heavy atom. The molecule has 0 aliphatic carbocycles. The van der Waals surface area contributed by atoms with Crippen molar-refractivity contribution in [3.05, 3.63) is 40.8 Å². The average molecular weight is 385 g/mol. The third-order valence-corrected chi connectivity index (χ3v) is 6.67. The van der Waals surface area contributed by atoms with Crippen LogP contribution in [0.3, 0.4) is 0 Å². The standard InChI is InChI=1S/C21H24N2O3S/c1-3-10-22-21(25)23-14-8-9-16(23)19(20(24)26-2)15(12-14)18-11-13-6-4-5-7-17(13)27-18/h4-7,11,14,16H,3,8-10,12H2,1-2H3,(H,22,25)/t14-,16+/m0/s1. The fourth-order valence-electron chi connectivity index (χ4n) is 4.28. The van der Waals surface area contributed by atoms with Gasteiger partial charge in [-0.1, -0.05) is 25.1 Å². The number of carbonyl (C=O) groups is 2. The van der Waals surface area contributed by atoms with Gasteiger partial charge in [0.25, 0.3) is 0 Å². The Morgan fingerprint density at radius 2 is 2.11 bits per heavy atom. The summed E-state index contributed by atoms with van der Waals surface area (Å²) in [5.41, 5.74) is 1.71. The van der Waals surface area contributed by atoms with Gasteiger partial charge in [-0.3, -0.25) is 0 Å². The lowest BCUT2D eigenvalue weighted by Crippen LogP contribution is -2.51. The van der Waals surface area contributed by atoms with Crippen LogP contribution in [0.1, 0.15) is 37.5 Å². The maximum atomic E-state index is 12.7. The Labute approximate surface area is 163 Å². The first-order chi connectivity index (χ1) is 13.1. The summed E-state index contributed by atoms with van der Waals surface area (Å²) in [6.45, 7) is 2.68. The molecule has 142 valence electrons. The lowest BCUT2D eigenvalue weighted by molar-refractivity contribution is -0.136. The van der Waals surface area contributed by atoms with Crippen LogP contribution in [0, 0.1) is 0 Å². The predicted molar refractivity (Wildman–Crippen MR) is 108 cm³/mol. The summed E-state index contributed by atoms with van der Waals surface area (Å²) >= 11 is 1.71. The Bertz CT molecular complexity index is 884. The molecular formula is C21H24N2O3S. The molecule has 5 nitrogen and oxygen atoms in total. The van der Waals surface area contributed by atoms with Crippen molar-refractivity contribution in [2.24, 2.45) is 0 Å². The molecule has 1 fully saturated rings. The molecule has 6 heteroatoms. The second kappa shape index (κ2) is 7.35. The molecule has 2 bridgehead atoms. The number of methoxy groups -OCH3 is 1. The van der Waals surface area contributed by atoms with E-state index in [1.807, 2.05) is 24.0 Å². The van der Waals surface area contributed by atoms with Crippen LogP contribution in [0.2, 0.25) is 0 Å². The van der Waals surface area contributed by atoms with Gasteiger partial charge in [0.05, 0.1) is 18.7 Å². The number of ether oxygens (including phenoxy) is 1. The molecule has 0 unspecified atom stereocenters. The number of carbonyl (C=O) groups excluding carboxylic acids is 2. The summed E-state index contributed by atoms with van der Waals surface area (Å²) in [4.78, 5) is 28.4. The SMILES string of the molecule is CCCNC(=O)N1[C@H]2CC[C@@H]1C(C(=O)OC)=C(c1cc3ccccc3s1)C2. The van der Waals surface area contributed by atoms with E-state index in [-0.39, 0.29) is 24.1 Å². The summed E-state index contributed by atoms with van der Waals surface area (Å²) in [6.07, 6.45) is 3.32. The van der Waals surface area contributed by atoms with Crippen LogP contribution < -0.4 is 5.32 Å². The van der Waals surface area contributed by atoms with Crippen molar-refractivity contribution >= 4 is 39.0 Å². The molecule has 4 rings (SSSR count). The zero-order chi connectivity index (χ0) is 19.0. The quantitative estimate of drug-likeness (QED) is 0.805. The van der Waals surface area contributed by atoms with Crippen LogP contribution in [0.25, 0.3) is 15.7 Å². The monoisotopic (exact) mass is 384 g/mol. The lowest BCUT2D eigenvalue weighted by Gasteiger charge is -2.36. The highest BCUT2D eigenvalue weighted by atomic mass is 32.1. The molecule has 0 radical (unpaired) electrons. The molecule has 2 amide bonds. The van der Waals surface area contributed by atoms with Gasteiger partial charge in [-0.2, -0.15) is 0 Å². The highest BCUT2D eigenvalue weighted by Gasteiger charge is 2.46. The van der Waals surface area contributed by atoms with Crippen molar-refractivity contribution in [1.82, 2.24) is 10.2 Å².